The number of aliphatic hydroxyl groups excluding tert-OH is 1. The molecule has 0 saturated heterocycles. The summed E-state index contributed by atoms with van der Waals surface area (Å²) in [7, 11) is 0. The molecule has 182 valence electrons. The summed E-state index contributed by atoms with van der Waals surface area (Å²) in [5.74, 6) is -1.42. The summed E-state index contributed by atoms with van der Waals surface area (Å²) in [6, 6.07) is 8.80. The molecule has 36 heavy (non-hydrogen) atoms. The zero-order valence-electron chi connectivity index (χ0n) is 19.2. The van der Waals surface area contributed by atoms with Crippen molar-refractivity contribution < 1.29 is 18.7 Å². The summed E-state index contributed by atoms with van der Waals surface area (Å²) in [4.78, 5) is 19.2. The number of nitrogens with two attached hydrogens (primary N) is 2. The Labute approximate surface area is 209 Å². The van der Waals surface area contributed by atoms with Crippen molar-refractivity contribution in [2.45, 2.75) is 26.0 Å². The number of anilines is 2. The van der Waals surface area contributed by atoms with E-state index in [2.05, 4.69) is 4.98 Å². The Bertz CT molecular complexity index is 1590. The highest BCUT2D eigenvalue weighted by molar-refractivity contribution is 7.23. The molecular weight excluding hydrogens is 484 g/mol. The molecule has 0 bridgehead atoms. The molecule has 1 aliphatic rings. The molecule has 0 saturated carbocycles. The van der Waals surface area contributed by atoms with Gasteiger partial charge in [-0.15, -0.1) is 11.3 Å². The minimum Gasteiger partial charge on any atom is -0.392 e. The zero-order valence-corrected chi connectivity index (χ0v) is 20.0. The van der Waals surface area contributed by atoms with E-state index >= 15 is 4.39 Å². The molecular formula is C26H21F2N5O2S. The molecule has 10 heteroatoms. The maximum Gasteiger partial charge on any atom is 0.254 e. The van der Waals surface area contributed by atoms with Crippen LogP contribution in [0, 0.1) is 23.0 Å². The summed E-state index contributed by atoms with van der Waals surface area (Å²) in [5.41, 5.74) is 13.8. The lowest BCUT2D eigenvalue weighted by Gasteiger charge is -2.35. The fourth-order valence-electron chi connectivity index (χ4n) is 5.00. The van der Waals surface area contributed by atoms with Crippen LogP contribution in [-0.4, -0.2) is 27.4 Å². The summed E-state index contributed by atoms with van der Waals surface area (Å²) in [6.07, 6.45) is 1.92. The monoisotopic (exact) mass is 505 g/mol. The largest absolute Gasteiger partial charge is 0.392 e. The van der Waals surface area contributed by atoms with Crippen LogP contribution in [0.4, 0.5) is 19.6 Å². The average molecular weight is 506 g/mol. The first kappa shape index (κ1) is 23.7. The zero-order chi connectivity index (χ0) is 25.7. The van der Waals surface area contributed by atoms with Gasteiger partial charge in [-0.05, 0) is 48.2 Å². The van der Waals surface area contributed by atoms with Gasteiger partial charge in [0, 0.05) is 34.8 Å². The number of hydrogen-bond donors (Lipinski definition) is 3. The van der Waals surface area contributed by atoms with Gasteiger partial charge in [-0.3, -0.25) is 4.79 Å². The van der Waals surface area contributed by atoms with Gasteiger partial charge in [0.25, 0.3) is 5.91 Å². The van der Waals surface area contributed by atoms with Crippen LogP contribution in [0.1, 0.15) is 45.6 Å². The second-order valence-electron chi connectivity index (χ2n) is 8.55. The molecule has 1 aliphatic heterocycles. The number of nitriles is 1. The van der Waals surface area contributed by atoms with Crippen LogP contribution in [-0.2, 0) is 13.0 Å². The van der Waals surface area contributed by atoms with E-state index in [1.54, 1.807) is 23.2 Å². The number of halogens is 2. The number of pyridine rings is 1. The molecule has 2 aromatic carbocycles. The third-order valence-electron chi connectivity index (χ3n) is 6.74. The Hall–Kier alpha value is -4.07. The first-order chi connectivity index (χ1) is 17.3. The number of aromatic nitrogens is 1. The molecule has 7 nitrogen and oxygen atoms in total. The first-order valence-electron chi connectivity index (χ1n) is 11.2. The van der Waals surface area contributed by atoms with Crippen molar-refractivity contribution in [1.82, 2.24) is 9.88 Å². The van der Waals surface area contributed by atoms with Gasteiger partial charge in [0.1, 0.15) is 28.5 Å². The lowest BCUT2D eigenvalue weighted by molar-refractivity contribution is 0.0671. The number of fused-ring (bicyclic) bond motifs is 2. The Morgan fingerprint density at radius 2 is 2.03 bits per heavy atom. The SMILES string of the molecule is CC(c1cccnc1N)N1CCc2c(cc(F)c(-c3ccc(F)c4sc(N)c(C#N)c34)c2CO)C1=O. The van der Waals surface area contributed by atoms with Crippen molar-refractivity contribution in [3.8, 4) is 17.2 Å². The molecule has 0 fully saturated rings. The maximum atomic E-state index is 15.8. The molecule has 1 amide bonds. The lowest BCUT2D eigenvalue weighted by atomic mass is 9.85. The van der Waals surface area contributed by atoms with E-state index in [9.17, 15) is 19.6 Å². The van der Waals surface area contributed by atoms with Crippen LogP contribution in [0.5, 0.6) is 0 Å². The van der Waals surface area contributed by atoms with Gasteiger partial charge in [-0.25, -0.2) is 13.8 Å². The van der Waals surface area contributed by atoms with E-state index in [-0.39, 0.29) is 42.9 Å². The van der Waals surface area contributed by atoms with Gasteiger partial charge in [0.15, 0.2) is 0 Å². The smallest absolute Gasteiger partial charge is 0.254 e. The summed E-state index contributed by atoms with van der Waals surface area (Å²) < 4.78 is 30.4. The Kier molecular flexibility index (Phi) is 5.82. The summed E-state index contributed by atoms with van der Waals surface area (Å²) in [5, 5.41) is 20.3. The second-order valence-corrected chi connectivity index (χ2v) is 9.60. The minimum atomic E-state index is -0.761. The fraction of sp³-hybridized carbons (Fsp3) is 0.192. The van der Waals surface area contributed by atoms with Crippen LogP contribution >= 0.6 is 11.3 Å². The fourth-order valence-corrected chi connectivity index (χ4v) is 5.95. The van der Waals surface area contributed by atoms with Crippen LogP contribution < -0.4 is 11.5 Å². The Balaban J connectivity index is 1.67. The lowest BCUT2D eigenvalue weighted by Crippen LogP contribution is -2.40. The molecule has 0 spiro atoms. The van der Waals surface area contributed by atoms with Crippen molar-refractivity contribution in [2.75, 3.05) is 18.0 Å². The van der Waals surface area contributed by atoms with Gasteiger partial charge in [0.05, 0.1) is 22.9 Å². The van der Waals surface area contributed by atoms with Crippen LogP contribution in [0.3, 0.4) is 0 Å². The van der Waals surface area contributed by atoms with Gasteiger partial charge in [-0.1, -0.05) is 12.1 Å². The highest BCUT2D eigenvalue weighted by atomic mass is 32.1. The van der Waals surface area contributed by atoms with E-state index in [1.807, 2.05) is 13.0 Å². The number of benzene rings is 2. The van der Waals surface area contributed by atoms with Crippen molar-refractivity contribution in [3.63, 3.8) is 0 Å². The van der Waals surface area contributed by atoms with E-state index in [1.165, 1.54) is 12.1 Å². The third kappa shape index (κ3) is 3.47. The maximum absolute atomic E-state index is 15.8. The van der Waals surface area contributed by atoms with E-state index < -0.39 is 30.2 Å². The summed E-state index contributed by atoms with van der Waals surface area (Å²) in [6.45, 7) is 1.59. The van der Waals surface area contributed by atoms with E-state index in [4.69, 9.17) is 11.5 Å². The number of aliphatic hydroxyl groups is 1. The number of rotatable bonds is 4. The highest BCUT2D eigenvalue weighted by Gasteiger charge is 2.33. The van der Waals surface area contributed by atoms with Gasteiger partial charge < -0.3 is 21.5 Å². The van der Waals surface area contributed by atoms with Crippen LogP contribution in [0.15, 0.2) is 36.5 Å². The van der Waals surface area contributed by atoms with Gasteiger partial charge in [-0.2, -0.15) is 5.26 Å². The predicted octanol–water partition coefficient (Wildman–Crippen LogP) is 4.53. The van der Waals surface area contributed by atoms with Gasteiger partial charge >= 0.3 is 0 Å². The molecule has 5 N–H and O–H groups in total. The highest BCUT2D eigenvalue weighted by Crippen LogP contribution is 2.44. The minimum absolute atomic E-state index is 0.0290. The standard InChI is InChI=1S/C26H21F2N5O2S/c1-12(13-3-2-7-32-24(13)30)33-8-6-14-16(26(33)35)9-20(28)21(18(14)11-34)15-4-5-19(27)23-22(15)17(10-29)25(31)36-23/h2-5,7,9,12,34H,6,8,11,31H2,1H3,(H2,30,32). The molecule has 2 aromatic heterocycles. The van der Waals surface area contributed by atoms with Crippen molar-refractivity contribution >= 4 is 38.1 Å². The molecule has 0 aliphatic carbocycles. The topological polar surface area (TPSA) is 129 Å². The number of amides is 1. The average Bonchev–Trinajstić information content (AvgIpc) is 3.21. The number of carbonyl (C=O) groups is 1. The van der Waals surface area contributed by atoms with Crippen LogP contribution in [0.2, 0.25) is 0 Å². The third-order valence-corrected chi connectivity index (χ3v) is 7.77. The second kappa shape index (κ2) is 8.86. The molecule has 3 heterocycles. The van der Waals surface area contributed by atoms with E-state index in [0.29, 0.717) is 29.9 Å². The van der Waals surface area contributed by atoms with Crippen molar-refractivity contribution in [2.24, 2.45) is 0 Å². The molecule has 4 aromatic rings. The van der Waals surface area contributed by atoms with Crippen molar-refractivity contribution in [1.29, 1.82) is 5.26 Å². The van der Waals surface area contributed by atoms with Gasteiger partial charge in [0.2, 0.25) is 0 Å². The van der Waals surface area contributed by atoms with E-state index in [0.717, 1.165) is 17.4 Å². The first-order valence-corrected chi connectivity index (χ1v) is 12.0. The van der Waals surface area contributed by atoms with Crippen molar-refractivity contribution in [3.05, 3.63) is 76.0 Å². The molecule has 1 atom stereocenters. The number of hydrogen-bond acceptors (Lipinski definition) is 7. The quantitative estimate of drug-likeness (QED) is 0.374. The molecule has 5 rings (SSSR count). The number of nitrogens with zero attached hydrogens (tertiary/aromatic N) is 3. The summed E-state index contributed by atoms with van der Waals surface area (Å²) >= 11 is 0.909. The molecule has 1 unspecified atom stereocenters. The number of carbonyl (C=O) groups excluding carboxylic acids is 1. The number of nitrogen functional groups attached to an aromatic ring is 2. The number of thiophene rings is 1. The predicted molar refractivity (Wildman–Crippen MR) is 134 cm³/mol. The van der Waals surface area contributed by atoms with Crippen LogP contribution in [0.25, 0.3) is 21.2 Å². The molecule has 0 radical (unpaired) electrons. The normalized spacial score (nSPS) is 14.1. The Morgan fingerprint density at radius 1 is 1.25 bits per heavy atom. The Morgan fingerprint density at radius 3 is 2.72 bits per heavy atom.